The average Bonchev–Trinajstić information content (AvgIpc) is 2.42. The number of aromatic nitrogens is 1. The molecule has 0 unspecified atom stereocenters. The Morgan fingerprint density at radius 2 is 1.85 bits per heavy atom. The normalized spacial score (nSPS) is 18.6. The van der Waals surface area contributed by atoms with Crippen LogP contribution in [-0.2, 0) is 16.8 Å². The molecule has 1 aliphatic heterocycles. The molecule has 8 heteroatoms. The van der Waals surface area contributed by atoms with E-state index in [1.54, 1.807) is 26.4 Å². The fourth-order valence-electron chi connectivity index (χ4n) is 2.15. The molecule has 20 heavy (non-hydrogen) atoms. The largest absolute Gasteiger partial charge is 0.329 e. The summed E-state index contributed by atoms with van der Waals surface area (Å²) in [5, 5.41) is 0. The van der Waals surface area contributed by atoms with Gasteiger partial charge in [-0.15, -0.1) is 0 Å². The van der Waals surface area contributed by atoms with Crippen molar-refractivity contribution < 1.29 is 8.42 Å². The highest BCUT2D eigenvalue weighted by atomic mass is 32.2. The smallest absolute Gasteiger partial charge is 0.281 e. The molecule has 1 aromatic rings. The van der Waals surface area contributed by atoms with Gasteiger partial charge in [0.2, 0.25) is 5.56 Å². The zero-order chi connectivity index (χ0) is 14.8. The number of piperazine rings is 1. The number of pyridine rings is 1. The van der Waals surface area contributed by atoms with E-state index in [4.69, 9.17) is 0 Å². The summed E-state index contributed by atoms with van der Waals surface area (Å²) in [6.45, 7) is 3.07. The fraction of sp³-hybridized carbons (Fsp3) is 0.583. The number of aromatic amines is 1. The zero-order valence-electron chi connectivity index (χ0n) is 11.7. The quantitative estimate of drug-likeness (QED) is 0.798. The van der Waals surface area contributed by atoms with Crippen LogP contribution in [0.1, 0.15) is 5.56 Å². The van der Waals surface area contributed by atoms with E-state index in [9.17, 15) is 13.2 Å². The van der Waals surface area contributed by atoms with E-state index in [0.717, 1.165) is 5.56 Å². The van der Waals surface area contributed by atoms with Crippen LogP contribution in [0.5, 0.6) is 0 Å². The Bertz CT molecular complexity index is 583. The van der Waals surface area contributed by atoms with Gasteiger partial charge in [-0.3, -0.25) is 9.69 Å². The number of rotatable bonds is 4. The van der Waals surface area contributed by atoms with Gasteiger partial charge >= 0.3 is 0 Å². The van der Waals surface area contributed by atoms with Crippen LogP contribution in [0.3, 0.4) is 0 Å². The van der Waals surface area contributed by atoms with E-state index < -0.39 is 10.2 Å². The number of H-pyrrole nitrogens is 1. The molecule has 7 nitrogen and oxygen atoms in total. The van der Waals surface area contributed by atoms with Crippen LogP contribution in [0, 0.1) is 0 Å². The number of nitrogens with zero attached hydrogens (tertiary/aromatic N) is 3. The van der Waals surface area contributed by atoms with Gasteiger partial charge in [0.1, 0.15) is 0 Å². The van der Waals surface area contributed by atoms with Crippen LogP contribution in [0.2, 0.25) is 0 Å². The van der Waals surface area contributed by atoms with Gasteiger partial charge in [-0.25, -0.2) is 0 Å². The van der Waals surface area contributed by atoms with Crippen molar-refractivity contribution >= 4 is 10.2 Å². The summed E-state index contributed by atoms with van der Waals surface area (Å²) in [6.07, 6.45) is 1.70. The van der Waals surface area contributed by atoms with Crippen molar-refractivity contribution in [2.45, 2.75) is 6.54 Å². The van der Waals surface area contributed by atoms with Crippen molar-refractivity contribution in [2.24, 2.45) is 0 Å². The highest BCUT2D eigenvalue weighted by molar-refractivity contribution is 7.86. The summed E-state index contributed by atoms with van der Waals surface area (Å²) >= 11 is 0. The Morgan fingerprint density at radius 3 is 2.35 bits per heavy atom. The second-order valence-corrected chi connectivity index (χ2v) is 7.17. The first-order valence-electron chi connectivity index (χ1n) is 6.47. The number of hydrogen-bond donors (Lipinski definition) is 1. The van der Waals surface area contributed by atoms with E-state index in [0.29, 0.717) is 32.7 Å². The van der Waals surface area contributed by atoms with E-state index in [2.05, 4.69) is 9.88 Å². The monoisotopic (exact) mass is 300 g/mol. The second kappa shape index (κ2) is 6.04. The number of nitrogens with one attached hydrogen (secondary N) is 1. The summed E-state index contributed by atoms with van der Waals surface area (Å²) in [7, 11) is -0.222. The molecule has 112 valence electrons. The van der Waals surface area contributed by atoms with Crippen LogP contribution < -0.4 is 5.56 Å². The summed E-state index contributed by atoms with van der Waals surface area (Å²) in [4.78, 5) is 15.8. The maximum atomic E-state index is 12.0. The van der Waals surface area contributed by atoms with Crippen molar-refractivity contribution in [1.82, 2.24) is 18.5 Å². The maximum absolute atomic E-state index is 12.0. The minimum absolute atomic E-state index is 0.115. The third kappa shape index (κ3) is 3.45. The molecule has 1 fully saturated rings. The molecular weight excluding hydrogens is 280 g/mol. The Morgan fingerprint density at radius 1 is 1.20 bits per heavy atom. The van der Waals surface area contributed by atoms with Crippen molar-refractivity contribution in [3.05, 3.63) is 34.2 Å². The van der Waals surface area contributed by atoms with E-state index in [-0.39, 0.29) is 5.56 Å². The van der Waals surface area contributed by atoms with Crippen LogP contribution in [0.4, 0.5) is 0 Å². The SMILES string of the molecule is CN(C)S(=O)(=O)N1CCN(Cc2ccc(=O)[nH]c2)CC1. The molecule has 2 rings (SSSR count). The minimum atomic E-state index is -3.31. The van der Waals surface area contributed by atoms with Gasteiger partial charge in [-0.05, 0) is 5.56 Å². The summed E-state index contributed by atoms with van der Waals surface area (Å²) < 4.78 is 26.7. The maximum Gasteiger partial charge on any atom is 0.281 e. The highest BCUT2D eigenvalue weighted by Gasteiger charge is 2.28. The topological polar surface area (TPSA) is 76.7 Å². The fourth-order valence-corrected chi connectivity index (χ4v) is 3.24. The van der Waals surface area contributed by atoms with Crippen LogP contribution >= 0.6 is 0 Å². The molecule has 2 heterocycles. The van der Waals surface area contributed by atoms with Gasteiger partial charge in [-0.1, -0.05) is 6.07 Å². The van der Waals surface area contributed by atoms with Gasteiger partial charge in [0, 0.05) is 59.1 Å². The van der Waals surface area contributed by atoms with Gasteiger partial charge < -0.3 is 4.98 Å². The average molecular weight is 300 g/mol. The Balaban J connectivity index is 1.92. The second-order valence-electron chi connectivity index (χ2n) is 5.03. The molecule has 1 aliphatic rings. The van der Waals surface area contributed by atoms with Gasteiger partial charge in [-0.2, -0.15) is 17.0 Å². The molecule has 1 saturated heterocycles. The minimum Gasteiger partial charge on any atom is -0.329 e. The Labute approximate surface area is 119 Å². The van der Waals surface area contributed by atoms with E-state index in [1.165, 1.54) is 14.7 Å². The van der Waals surface area contributed by atoms with Gasteiger partial charge in [0.15, 0.2) is 0 Å². The van der Waals surface area contributed by atoms with Crippen molar-refractivity contribution in [2.75, 3.05) is 40.3 Å². The molecule has 1 aromatic heterocycles. The lowest BCUT2D eigenvalue weighted by molar-refractivity contribution is 0.177. The number of hydrogen-bond acceptors (Lipinski definition) is 4. The predicted molar refractivity (Wildman–Crippen MR) is 76.5 cm³/mol. The molecule has 0 radical (unpaired) electrons. The molecule has 0 saturated carbocycles. The summed E-state index contributed by atoms with van der Waals surface area (Å²) in [5.41, 5.74) is 0.907. The Kier molecular flexibility index (Phi) is 4.59. The molecule has 0 aliphatic carbocycles. The Hall–Kier alpha value is -1.22. The zero-order valence-corrected chi connectivity index (χ0v) is 12.6. The van der Waals surface area contributed by atoms with Crippen molar-refractivity contribution in [1.29, 1.82) is 0 Å². The lowest BCUT2D eigenvalue weighted by Gasteiger charge is -2.35. The third-order valence-electron chi connectivity index (χ3n) is 3.37. The van der Waals surface area contributed by atoms with Crippen molar-refractivity contribution in [3.8, 4) is 0 Å². The molecule has 0 atom stereocenters. The predicted octanol–water partition coefficient (Wildman–Crippen LogP) is -0.701. The van der Waals surface area contributed by atoms with Gasteiger partial charge in [0.25, 0.3) is 10.2 Å². The highest BCUT2D eigenvalue weighted by Crippen LogP contribution is 2.11. The molecule has 0 aromatic carbocycles. The molecule has 0 amide bonds. The summed E-state index contributed by atoms with van der Waals surface area (Å²) in [5.74, 6) is 0. The standard InChI is InChI=1S/C12H20N4O3S/c1-14(2)20(18,19)16-7-5-15(6-8-16)10-11-3-4-12(17)13-9-11/h3-4,9H,5-8,10H2,1-2H3,(H,13,17). The first kappa shape index (κ1) is 15.2. The molecule has 1 N–H and O–H groups in total. The van der Waals surface area contributed by atoms with Crippen molar-refractivity contribution in [3.63, 3.8) is 0 Å². The van der Waals surface area contributed by atoms with E-state index in [1.807, 2.05) is 0 Å². The van der Waals surface area contributed by atoms with Gasteiger partial charge in [0.05, 0.1) is 0 Å². The molecular formula is C12H20N4O3S. The molecule has 0 spiro atoms. The van der Waals surface area contributed by atoms with Crippen LogP contribution in [0.15, 0.2) is 23.1 Å². The lowest BCUT2D eigenvalue weighted by atomic mass is 10.2. The lowest BCUT2D eigenvalue weighted by Crippen LogP contribution is -2.51. The third-order valence-corrected chi connectivity index (χ3v) is 5.31. The summed E-state index contributed by atoms with van der Waals surface area (Å²) in [6, 6.07) is 3.30. The first-order valence-corrected chi connectivity index (χ1v) is 7.87. The van der Waals surface area contributed by atoms with Crippen LogP contribution in [0.25, 0.3) is 0 Å². The van der Waals surface area contributed by atoms with Crippen LogP contribution in [-0.4, -0.2) is 67.2 Å². The van der Waals surface area contributed by atoms with E-state index >= 15 is 0 Å². The first-order chi connectivity index (χ1) is 9.39. The molecule has 0 bridgehead atoms.